The third kappa shape index (κ3) is 2.51. The Morgan fingerprint density at radius 3 is 2.40 bits per heavy atom. The first-order chi connectivity index (χ1) is 9.08. The second-order valence-corrected chi connectivity index (χ2v) is 10.1. The Balaban J connectivity index is 1.79. The highest BCUT2D eigenvalue weighted by Crippen LogP contribution is 2.65. The Bertz CT molecular complexity index is 451. The van der Waals surface area contributed by atoms with E-state index in [1.165, 1.54) is 25.7 Å². The van der Waals surface area contributed by atoms with Gasteiger partial charge in [0.05, 0.1) is 0 Å². The SMILES string of the molecule is CC(C)(C)CC1=CC2C3C=CC(CC(C)(C)C)(C3)C2C1. The molecule has 0 aromatic rings. The molecular formula is C20H32. The van der Waals surface area contributed by atoms with Gasteiger partial charge in [-0.15, -0.1) is 0 Å². The summed E-state index contributed by atoms with van der Waals surface area (Å²) in [6.07, 6.45) is 13.3. The van der Waals surface area contributed by atoms with Crippen molar-refractivity contribution >= 4 is 0 Å². The maximum atomic E-state index is 2.68. The largest absolute Gasteiger partial charge is 0.0842 e. The Morgan fingerprint density at radius 1 is 1.10 bits per heavy atom. The van der Waals surface area contributed by atoms with Gasteiger partial charge in [0.25, 0.3) is 0 Å². The second-order valence-electron chi connectivity index (χ2n) is 10.1. The van der Waals surface area contributed by atoms with Gasteiger partial charge in [0.1, 0.15) is 0 Å². The minimum atomic E-state index is 0.439. The summed E-state index contributed by atoms with van der Waals surface area (Å²) >= 11 is 0. The first kappa shape index (κ1) is 14.4. The zero-order chi connectivity index (χ0) is 14.8. The summed E-state index contributed by atoms with van der Waals surface area (Å²) in [7, 11) is 0. The van der Waals surface area contributed by atoms with Crippen molar-refractivity contribution in [3.8, 4) is 0 Å². The van der Waals surface area contributed by atoms with Crippen LogP contribution >= 0.6 is 0 Å². The normalized spacial score (nSPS) is 39.3. The van der Waals surface area contributed by atoms with Crippen molar-refractivity contribution in [1.82, 2.24) is 0 Å². The average molecular weight is 272 g/mol. The van der Waals surface area contributed by atoms with Gasteiger partial charge in [0.2, 0.25) is 0 Å². The van der Waals surface area contributed by atoms with Gasteiger partial charge in [-0.05, 0) is 59.7 Å². The zero-order valence-electron chi connectivity index (χ0n) is 14.3. The molecule has 0 radical (unpaired) electrons. The fraction of sp³-hybridized carbons (Fsp3) is 0.800. The second kappa shape index (κ2) is 4.24. The molecule has 0 N–H and O–H groups in total. The van der Waals surface area contributed by atoms with Gasteiger partial charge < -0.3 is 0 Å². The minimum Gasteiger partial charge on any atom is -0.0842 e. The molecular weight excluding hydrogens is 240 g/mol. The van der Waals surface area contributed by atoms with Crippen LogP contribution in [0, 0.1) is 34.0 Å². The van der Waals surface area contributed by atoms with Crippen molar-refractivity contribution in [2.75, 3.05) is 0 Å². The standard InChI is InChI=1S/C20H32/c1-18(2,3)11-14-9-16-15-7-8-20(12-15,17(16)10-14)13-19(4,5)6/h7-9,15-17H,10-13H2,1-6H3. The van der Waals surface area contributed by atoms with Crippen molar-refractivity contribution in [1.29, 1.82) is 0 Å². The van der Waals surface area contributed by atoms with Crippen LogP contribution in [0.25, 0.3) is 0 Å². The predicted octanol–water partition coefficient (Wildman–Crippen LogP) is 6.00. The summed E-state index contributed by atoms with van der Waals surface area (Å²) in [4.78, 5) is 0. The van der Waals surface area contributed by atoms with Crippen molar-refractivity contribution in [2.45, 2.75) is 67.2 Å². The number of rotatable bonds is 2. The monoisotopic (exact) mass is 272 g/mol. The molecule has 0 amide bonds. The van der Waals surface area contributed by atoms with Crippen LogP contribution < -0.4 is 0 Å². The van der Waals surface area contributed by atoms with E-state index < -0.39 is 0 Å². The summed E-state index contributed by atoms with van der Waals surface area (Å²) in [6, 6.07) is 0. The molecule has 3 rings (SSSR count). The molecule has 3 aliphatic rings. The highest BCUT2D eigenvalue weighted by molar-refractivity contribution is 5.31. The van der Waals surface area contributed by atoms with Crippen molar-refractivity contribution in [3.05, 3.63) is 23.8 Å². The van der Waals surface area contributed by atoms with Crippen molar-refractivity contribution in [3.63, 3.8) is 0 Å². The average Bonchev–Trinajstić information content (AvgIpc) is 2.82. The van der Waals surface area contributed by atoms with Crippen LogP contribution in [0.4, 0.5) is 0 Å². The van der Waals surface area contributed by atoms with E-state index in [4.69, 9.17) is 0 Å². The molecule has 0 nitrogen and oxygen atoms in total. The molecule has 0 aromatic heterocycles. The van der Waals surface area contributed by atoms with Crippen LogP contribution in [0.2, 0.25) is 0 Å². The van der Waals surface area contributed by atoms with Gasteiger partial charge in [0.15, 0.2) is 0 Å². The fourth-order valence-electron chi connectivity index (χ4n) is 5.37. The van der Waals surface area contributed by atoms with E-state index in [-0.39, 0.29) is 0 Å². The summed E-state index contributed by atoms with van der Waals surface area (Å²) < 4.78 is 0. The van der Waals surface area contributed by atoms with E-state index in [1.807, 2.05) is 0 Å². The maximum absolute atomic E-state index is 2.68. The van der Waals surface area contributed by atoms with E-state index in [9.17, 15) is 0 Å². The van der Waals surface area contributed by atoms with E-state index in [1.54, 1.807) is 5.57 Å². The lowest BCUT2D eigenvalue weighted by Crippen LogP contribution is -2.30. The third-order valence-electron chi connectivity index (χ3n) is 5.52. The molecule has 3 aliphatic carbocycles. The molecule has 1 saturated carbocycles. The van der Waals surface area contributed by atoms with Gasteiger partial charge in [0, 0.05) is 0 Å². The molecule has 1 fully saturated rings. The summed E-state index contributed by atoms with van der Waals surface area (Å²) in [5, 5.41) is 0. The maximum Gasteiger partial charge on any atom is -0.00702 e. The van der Waals surface area contributed by atoms with Gasteiger partial charge in [-0.3, -0.25) is 0 Å². The number of allylic oxidation sites excluding steroid dienone is 4. The molecule has 0 heteroatoms. The third-order valence-corrected chi connectivity index (χ3v) is 5.52. The van der Waals surface area contributed by atoms with Crippen LogP contribution in [0.5, 0.6) is 0 Å². The highest BCUT2D eigenvalue weighted by atomic mass is 14.6. The van der Waals surface area contributed by atoms with Gasteiger partial charge in [-0.2, -0.15) is 0 Å². The molecule has 4 atom stereocenters. The Kier molecular flexibility index (Phi) is 3.06. The molecule has 4 unspecified atom stereocenters. The lowest BCUT2D eigenvalue weighted by atomic mass is 9.66. The van der Waals surface area contributed by atoms with Gasteiger partial charge in [-0.1, -0.05) is 65.3 Å². The van der Waals surface area contributed by atoms with E-state index in [0.717, 1.165) is 17.8 Å². The quantitative estimate of drug-likeness (QED) is 0.541. The highest BCUT2D eigenvalue weighted by Gasteiger charge is 2.56. The summed E-state index contributed by atoms with van der Waals surface area (Å²) in [5.74, 6) is 2.62. The molecule has 0 saturated heterocycles. The van der Waals surface area contributed by atoms with Crippen LogP contribution in [0.15, 0.2) is 23.8 Å². The Labute approximate surface area is 125 Å². The van der Waals surface area contributed by atoms with E-state index >= 15 is 0 Å². The molecule has 2 bridgehead atoms. The molecule has 112 valence electrons. The summed E-state index contributed by atoms with van der Waals surface area (Å²) in [5.41, 5.74) is 3.15. The smallest absolute Gasteiger partial charge is 0.00702 e. The number of hydrogen-bond acceptors (Lipinski definition) is 0. The Hall–Kier alpha value is -0.520. The van der Waals surface area contributed by atoms with Crippen molar-refractivity contribution < 1.29 is 0 Å². The zero-order valence-corrected chi connectivity index (χ0v) is 14.3. The van der Waals surface area contributed by atoms with Gasteiger partial charge in [-0.25, -0.2) is 0 Å². The molecule has 0 aromatic carbocycles. The van der Waals surface area contributed by atoms with Crippen LogP contribution in [-0.2, 0) is 0 Å². The fourth-order valence-corrected chi connectivity index (χ4v) is 5.37. The lowest BCUT2D eigenvalue weighted by molar-refractivity contribution is 0.164. The molecule has 0 spiro atoms. The molecule has 20 heavy (non-hydrogen) atoms. The first-order valence-electron chi connectivity index (χ1n) is 8.47. The predicted molar refractivity (Wildman–Crippen MR) is 87.5 cm³/mol. The number of hydrogen-bond donors (Lipinski definition) is 0. The molecule has 0 heterocycles. The molecule has 0 aliphatic heterocycles. The van der Waals surface area contributed by atoms with Crippen LogP contribution in [-0.4, -0.2) is 0 Å². The van der Waals surface area contributed by atoms with E-state index in [0.29, 0.717) is 16.2 Å². The first-order valence-corrected chi connectivity index (χ1v) is 8.47. The van der Waals surface area contributed by atoms with Crippen LogP contribution in [0.3, 0.4) is 0 Å². The minimum absolute atomic E-state index is 0.439. The van der Waals surface area contributed by atoms with Crippen LogP contribution in [0.1, 0.15) is 67.2 Å². The van der Waals surface area contributed by atoms with Gasteiger partial charge >= 0.3 is 0 Å². The lowest BCUT2D eigenvalue weighted by Gasteiger charge is -2.38. The number of fused-ring (bicyclic) bond motifs is 5. The summed E-state index contributed by atoms with van der Waals surface area (Å²) in [6.45, 7) is 14.4. The Morgan fingerprint density at radius 2 is 1.80 bits per heavy atom. The van der Waals surface area contributed by atoms with E-state index in [2.05, 4.69) is 59.8 Å². The topological polar surface area (TPSA) is 0 Å². The van der Waals surface area contributed by atoms with Crippen molar-refractivity contribution in [2.24, 2.45) is 34.0 Å².